The highest BCUT2D eigenvalue weighted by molar-refractivity contribution is 7.89. The fourth-order valence-electron chi connectivity index (χ4n) is 1.65. The highest BCUT2D eigenvalue weighted by Gasteiger charge is 2.23. The number of H-pyrrole nitrogens is 1. The molecule has 0 saturated heterocycles. The van der Waals surface area contributed by atoms with Crippen molar-refractivity contribution in [3.8, 4) is 0 Å². The molecule has 108 valence electrons. The molecule has 2 aromatic heterocycles. The minimum absolute atomic E-state index is 0.0351. The number of carboxylic acids is 1. The van der Waals surface area contributed by atoms with E-state index < -0.39 is 21.8 Å². The van der Waals surface area contributed by atoms with Crippen LogP contribution in [0.5, 0.6) is 0 Å². The first-order chi connectivity index (χ1) is 9.40. The molecule has 0 aromatic carbocycles. The van der Waals surface area contributed by atoms with Crippen LogP contribution in [0.15, 0.2) is 27.8 Å². The Balaban J connectivity index is 2.08. The van der Waals surface area contributed by atoms with Gasteiger partial charge in [0.15, 0.2) is 0 Å². The normalized spacial score (nSPS) is 11.7. The van der Waals surface area contributed by atoms with Gasteiger partial charge < -0.3 is 14.5 Å². The van der Waals surface area contributed by atoms with Crippen molar-refractivity contribution in [1.82, 2.24) is 14.7 Å². The van der Waals surface area contributed by atoms with Crippen LogP contribution in [0.1, 0.15) is 22.1 Å². The number of nitrogens with one attached hydrogen (secondary N) is 2. The number of aryl methyl sites for hydroxylation is 1. The average Bonchev–Trinajstić information content (AvgIpc) is 2.98. The first kappa shape index (κ1) is 14.3. The Morgan fingerprint density at radius 2 is 2.30 bits per heavy atom. The van der Waals surface area contributed by atoms with E-state index in [-0.39, 0.29) is 17.2 Å². The fourth-order valence-corrected chi connectivity index (χ4v) is 2.86. The van der Waals surface area contributed by atoms with Gasteiger partial charge in [0.25, 0.3) is 0 Å². The third kappa shape index (κ3) is 3.06. The molecule has 0 radical (unpaired) electrons. The number of hydrogen-bond acceptors (Lipinski definition) is 5. The topological polar surface area (TPSA) is 125 Å². The van der Waals surface area contributed by atoms with E-state index in [4.69, 9.17) is 9.52 Å². The second-order valence-corrected chi connectivity index (χ2v) is 5.76. The van der Waals surface area contributed by atoms with Gasteiger partial charge in [0.2, 0.25) is 15.8 Å². The summed E-state index contributed by atoms with van der Waals surface area (Å²) in [7, 11) is -3.81. The molecule has 0 aliphatic rings. The summed E-state index contributed by atoms with van der Waals surface area (Å²) < 4.78 is 31.3. The standard InChI is InChI=1S/C11H13N3O5S/c1-7-9(6-8(19-7)11(15)16)20(17,18)14-3-2-10-12-4-5-13-10/h4-6,14H,2-3H2,1H3,(H,12,13)(H,15,16). The molecule has 2 heterocycles. The zero-order chi connectivity index (χ0) is 14.8. The van der Waals surface area contributed by atoms with Gasteiger partial charge in [-0.1, -0.05) is 0 Å². The van der Waals surface area contributed by atoms with E-state index in [0.29, 0.717) is 12.2 Å². The molecule has 8 nitrogen and oxygen atoms in total. The lowest BCUT2D eigenvalue weighted by molar-refractivity contribution is 0.0661. The van der Waals surface area contributed by atoms with Crippen molar-refractivity contribution in [2.45, 2.75) is 18.2 Å². The summed E-state index contributed by atoms with van der Waals surface area (Å²) in [4.78, 5) is 17.4. The van der Waals surface area contributed by atoms with E-state index in [0.717, 1.165) is 6.07 Å². The number of rotatable bonds is 6. The molecule has 0 fully saturated rings. The number of sulfonamides is 1. The maximum atomic E-state index is 12.0. The Morgan fingerprint density at radius 1 is 1.55 bits per heavy atom. The summed E-state index contributed by atoms with van der Waals surface area (Å²) in [5, 5.41) is 8.77. The third-order valence-corrected chi connectivity index (χ3v) is 4.15. The largest absolute Gasteiger partial charge is 0.475 e. The van der Waals surface area contributed by atoms with E-state index in [1.807, 2.05) is 0 Å². The summed E-state index contributed by atoms with van der Waals surface area (Å²) in [6, 6.07) is 0.993. The lowest BCUT2D eigenvalue weighted by Crippen LogP contribution is -2.26. The number of imidazole rings is 1. The molecule has 0 spiro atoms. The SMILES string of the molecule is Cc1oc(C(=O)O)cc1S(=O)(=O)NCCc1ncc[nH]1. The number of nitrogens with zero attached hydrogens (tertiary/aromatic N) is 1. The number of aromatic amines is 1. The van der Waals surface area contributed by atoms with E-state index in [1.165, 1.54) is 6.92 Å². The molecule has 20 heavy (non-hydrogen) atoms. The molecule has 0 atom stereocenters. The predicted octanol–water partition coefficient (Wildman–Crippen LogP) is 0.530. The van der Waals surface area contributed by atoms with Gasteiger partial charge in [-0.25, -0.2) is 22.9 Å². The van der Waals surface area contributed by atoms with E-state index in [1.54, 1.807) is 12.4 Å². The van der Waals surface area contributed by atoms with Crippen LogP contribution in [-0.4, -0.2) is 36.0 Å². The molecule has 3 N–H and O–H groups in total. The quantitative estimate of drug-likeness (QED) is 0.714. The Labute approximate surface area is 114 Å². The molecule has 0 aliphatic heterocycles. The third-order valence-electron chi connectivity index (χ3n) is 2.58. The highest BCUT2D eigenvalue weighted by atomic mass is 32.2. The fraction of sp³-hybridized carbons (Fsp3) is 0.273. The zero-order valence-corrected chi connectivity index (χ0v) is 11.4. The van der Waals surface area contributed by atoms with Crippen molar-refractivity contribution in [1.29, 1.82) is 0 Å². The van der Waals surface area contributed by atoms with Gasteiger partial charge in [0.05, 0.1) is 0 Å². The maximum Gasteiger partial charge on any atom is 0.371 e. The van der Waals surface area contributed by atoms with Crippen molar-refractivity contribution in [3.63, 3.8) is 0 Å². The molecule has 2 aromatic rings. The number of aromatic nitrogens is 2. The van der Waals surface area contributed by atoms with Gasteiger partial charge in [-0.2, -0.15) is 0 Å². The maximum absolute atomic E-state index is 12.0. The predicted molar refractivity (Wildman–Crippen MR) is 67.9 cm³/mol. The van der Waals surface area contributed by atoms with Gasteiger partial charge in [-0.3, -0.25) is 0 Å². The van der Waals surface area contributed by atoms with Crippen molar-refractivity contribution in [3.05, 3.63) is 35.8 Å². The van der Waals surface area contributed by atoms with Gasteiger partial charge in [0, 0.05) is 31.4 Å². The van der Waals surface area contributed by atoms with Crippen molar-refractivity contribution < 1.29 is 22.7 Å². The van der Waals surface area contributed by atoms with Crippen molar-refractivity contribution in [2.75, 3.05) is 6.54 Å². The van der Waals surface area contributed by atoms with Crippen LogP contribution >= 0.6 is 0 Å². The minimum atomic E-state index is -3.81. The lowest BCUT2D eigenvalue weighted by atomic mass is 10.4. The smallest absolute Gasteiger partial charge is 0.371 e. The van der Waals surface area contributed by atoms with Crippen LogP contribution in [0.25, 0.3) is 0 Å². The Hall–Kier alpha value is -2.13. The summed E-state index contributed by atoms with van der Waals surface area (Å²) in [5.74, 6) is -1.03. The molecule has 0 amide bonds. The number of carboxylic acid groups (broad SMARTS) is 1. The van der Waals surface area contributed by atoms with Crippen LogP contribution in [0.3, 0.4) is 0 Å². The molecule has 0 bridgehead atoms. The highest BCUT2D eigenvalue weighted by Crippen LogP contribution is 2.19. The first-order valence-electron chi connectivity index (χ1n) is 5.72. The van der Waals surface area contributed by atoms with Crippen LogP contribution < -0.4 is 4.72 Å². The van der Waals surface area contributed by atoms with Crippen LogP contribution in [0.2, 0.25) is 0 Å². The number of carbonyl (C=O) groups is 1. The summed E-state index contributed by atoms with van der Waals surface area (Å²) >= 11 is 0. The van der Waals surface area contributed by atoms with Crippen LogP contribution in [0.4, 0.5) is 0 Å². The van der Waals surface area contributed by atoms with Crippen molar-refractivity contribution in [2.24, 2.45) is 0 Å². The van der Waals surface area contributed by atoms with Crippen molar-refractivity contribution >= 4 is 16.0 Å². The molecule has 0 aliphatic carbocycles. The van der Waals surface area contributed by atoms with Gasteiger partial charge in [0.1, 0.15) is 16.5 Å². The van der Waals surface area contributed by atoms with Gasteiger partial charge >= 0.3 is 5.97 Å². The second-order valence-electron chi connectivity index (χ2n) is 4.02. The van der Waals surface area contributed by atoms with Gasteiger partial charge in [-0.15, -0.1) is 0 Å². The Bertz CT molecular complexity index is 703. The summed E-state index contributed by atoms with van der Waals surface area (Å²) in [6.07, 6.45) is 3.61. The molecule has 9 heteroatoms. The minimum Gasteiger partial charge on any atom is -0.475 e. The number of hydrogen-bond donors (Lipinski definition) is 3. The Kier molecular flexibility index (Phi) is 3.91. The molecule has 0 unspecified atom stereocenters. The number of aromatic carboxylic acids is 1. The van der Waals surface area contributed by atoms with E-state index >= 15 is 0 Å². The van der Waals surface area contributed by atoms with Crippen LogP contribution in [-0.2, 0) is 16.4 Å². The van der Waals surface area contributed by atoms with E-state index in [9.17, 15) is 13.2 Å². The Morgan fingerprint density at radius 3 is 2.85 bits per heavy atom. The number of furan rings is 1. The van der Waals surface area contributed by atoms with E-state index in [2.05, 4.69) is 14.7 Å². The molecular formula is C11H13N3O5S. The second kappa shape index (κ2) is 5.47. The molecular weight excluding hydrogens is 286 g/mol. The van der Waals surface area contributed by atoms with Gasteiger partial charge in [-0.05, 0) is 6.92 Å². The first-order valence-corrected chi connectivity index (χ1v) is 7.20. The monoisotopic (exact) mass is 299 g/mol. The van der Waals surface area contributed by atoms with Crippen LogP contribution in [0, 0.1) is 6.92 Å². The average molecular weight is 299 g/mol. The summed E-state index contributed by atoms with van der Waals surface area (Å²) in [6.45, 7) is 1.54. The summed E-state index contributed by atoms with van der Waals surface area (Å²) in [5.41, 5.74) is 0. The molecule has 2 rings (SSSR count). The zero-order valence-electron chi connectivity index (χ0n) is 10.6. The molecule has 0 saturated carbocycles. The lowest BCUT2D eigenvalue weighted by Gasteiger charge is -2.04.